The first-order chi connectivity index (χ1) is 10.1. The first kappa shape index (κ1) is 17.0. The minimum atomic E-state index is -0.669. The summed E-state index contributed by atoms with van der Waals surface area (Å²) in [5, 5.41) is 5.17. The van der Waals surface area contributed by atoms with Gasteiger partial charge in [0.25, 0.3) is 0 Å². The average molecular weight is 294 g/mol. The number of hydrogen-bond acceptors (Lipinski definition) is 3. The lowest BCUT2D eigenvalue weighted by atomic mass is 10.3. The predicted molar refractivity (Wildman–Crippen MR) is 81.5 cm³/mol. The van der Waals surface area contributed by atoms with Gasteiger partial charge in [-0.1, -0.05) is 6.07 Å². The molecule has 1 rings (SSSR count). The minimum absolute atomic E-state index is 0.487. The summed E-state index contributed by atoms with van der Waals surface area (Å²) in [4.78, 5) is 24.8. The van der Waals surface area contributed by atoms with Crippen LogP contribution in [0.3, 0.4) is 0 Å². The van der Waals surface area contributed by atoms with Crippen molar-refractivity contribution in [2.45, 2.75) is 13.8 Å². The summed E-state index contributed by atoms with van der Waals surface area (Å²) in [6, 6.07) is 6.87. The van der Waals surface area contributed by atoms with Crippen LogP contribution in [0.15, 0.2) is 24.3 Å². The van der Waals surface area contributed by atoms with Gasteiger partial charge < -0.3 is 20.3 Å². The third-order valence-electron chi connectivity index (χ3n) is 3.30. The molecule has 6 heteroatoms. The highest BCUT2D eigenvalue weighted by atomic mass is 16.5. The second-order valence-corrected chi connectivity index (χ2v) is 4.65. The van der Waals surface area contributed by atoms with E-state index < -0.39 is 11.8 Å². The normalized spacial score (nSPS) is 10.3. The van der Waals surface area contributed by atoms with Gasteiger partial charge in [0.2, 0.25) is 0 Å². The smallest absolute Gasteiger partial charge is 0.313 e. The highest BCUT2D eigenvalue weighted by molar-refractivity contribution is 6.39. The largest absolute Gasteiger partial charge is 0.497 e. The molecule has 0 saturated heterocycles. The highest BCUT2D eigenvalue weighted by Crippen LogP contribution is 2.16. The van der Waals surface area contributed by atoms with Crippen LogP contribution in [0.25, 0.3) is 0 Å². The number of carbonyl (C=O) groups is 2. The molecule has 0 unspecified atom stereocenters. The Morgan fingerprint density at radius 2 is 1.90 bits per heavy atom. The summed E-state index contributed by atoms with van der Waals surface area (Å²) in [5.74, 6) is -0.666. The van der Waals surface area contributed by atoms with Gasteiger partial charge in [0.05, 0.1) is 33.3 Å². The van der Waals surface area contributed by atoms with E-state index in [0.29, 0.717) is 18.0 Å². The summed E-state index contributed by atoms with van der Waals surface area (Å²) in [7, 11) is 1.54. The molecule has 2 amide bonds. The molecule has 0 spiro atoms. The Labute approximate surface area is 125 Å². The molecule has 0 aliphatic carbocycles. The van der Waals surface area contributed by atoms with Crippen LogP contribution in [0.5, 0.6) is 5.75 Å². The molecule has 0 saturated carbocycles. The molecular formula is C15H24N3O3+. The van der Waals surface area contributed by atoms with Gasteiger partial charge in [0.1, 0.15) is 5.75 Å². The van der Waals surface area contributed by atoms with Crippen molar-refractivity contribution in [3.8, 4) is 5.75 Å². The Bertz CT molecular complexity index is 473. The Kier molecular flexibility index (Phi) is 7.25. The summed E-state index contributed by atoms with van der Waals surface area (Å²) in [6.45, 7) is 7.49. The lowest BCUT2D eigenvalue weighted by molar-refractivity contribution is -0.895. The number of anilines is 1. The van der Waals surface area contributed by atoms with Gasteiger partial charge in [-0.2, -0.15) is 0 Å². The van der Waals surface area contributed by atoms with Crippen LogP contribution in [0.4, 0.5) is 5.69 Å². The lowest BCUT2D eigenvalue weighted by Gasteiger charge is -2.15. The number of rotatable bonds is 7. The van der Waals surface area contributed by atoms with Gasteiger partial charge in [-0.25, -0.2) is 0 Å². The Morgan fingerprint density at radius 3 is 2.52 bits per heavy atom. The molecule has 0 aromatic heterocycles. The maximum atomic E-state index is 11.8. The van der Waals surface area contributed by atoms with Crippen molar-refractivity contribution in [3.63, 3.8) is 0 Å². The van der Waals surface area contributed by atoms with Crippen LogP contribution in [-0.4, -0.2) is 45.1 Å². The fraction of sp³-hybridized carbons (Fsp3) is 0.467. The zero-order valence-electron chi connectivity index (χ0n) is 12.9. The number of quaternary nitrogens is 1. The predicted octanol–water partition coefficient (Wildman–Crippen LogP) is -0.325. The van der Waals surface area contributed by atoms with Crippen LogP contribution < -0.4 is 20.3 Å². The van der Waals surface area contributed by atoms with Crippen molar-refractivity contribution in [2.75, 3.05) is 38.6 Å². The second-order valence-electron chi connectivity index (χ2n) is 4.65. The molecule has 3 N–H and O–H groups in total. The van der Waals surface area contributed by atoms with Crippen molar-refractivity contribution in [1.82, 2.24) is 5.32 Å². The standard InChI is InChI=1S/C15H23N3O3/c1-4-18(5-2)10-9-16-14(19)15(20)17-12-7-6-8-13(11-12)21-3/h6-8,11H,4-5,9-10H2,1-3H3,(H,16,19)(H,17,20)/p+1. The molecule has 1 aromatic rings. The number of hydrogen-bond donors (Lipinski definition) is 3. The van der Waals surface area contributed by atoms with E-state index in [1.165, 1.54) is 4.90 Å². The maximum Gasteiger partial charge on any atom is 0.313 e. The molecule has 0 heterocycles. The van der Waals surface area contributed by atoms with E-state index in [9.17, 15) is 9.59 Å². The molecule has 1 aromatic carbocycles. The fourth-order valence-electron chi connectivity index (χ4n) is 1.93. The molecule has 0 atom stereocenters. The van der Waals surface area contributed by atoms with Crippen LogP contribution in [0, 0.1) is 0 Å². The number of benzene rings is 1. The van der Waals surface area contributed by atoms with Gasteiger partial charge >= 0.3 is 11.8 Å². The monoisotopic (exact) mass is 294 g/mol. The Morgan fingerprint density at radius 1 is 1.19 bits per heavy atom. The summed E-state index contributed by atoms with van der Waals surface area (Å²) in [6.07, 6.45) is 0. The van der Waals surface area contributed by atoms with E-state index in [-0.39, 0.29) is 0 Å². The number of nitrogens with one attached hydrogen (secondary N) is 3. The van der Waals surface area contributed by atoms with E-state index in [1.807, 2.05) is 0 Å². The number of methoxy groups -OCH3 is 1. The second kappa shape index (κ2) is 8.97. The maximum absolute atomic E-state index is 11.8. The van der Waals surface area contributed by atoms with Crippen LogP contribution in [-0.2, 0) is 9.59 Å². The van der Waals surface area contributed by atoms with E-state index in [1.54, 1.807) is 31.4 Å². The lowest BCUT2D eigenvalue weighted by Crippen LogP contribution is -3.12. The SMILES string of the molecule is CC[NH+](CC)CCNC(=O)C(=O)Nc1cccc(OC)c1. The van der Waals surface area contributed by atoms with Crippen molar-refractivity contribution in [2.24, 2.45) is 0 Å². The molecule has 0 aliphatic rings. The molecule has 0 fully saturated rings. The van der Waals surface area contributed by atoms with E-state index >= 15 is 0 Å². The Balaban J connectivity index is 2.42. The number of ether oxygens (including phenoxy) is 1. The van der Waals surface area contributed by atoms with E-state index in [4.69, 9.17) is 4.74 Å². The molecule has 0 aliphatic heterocycles. The Hall–Kier alpha value is -2.08. The van der Waals surface area contributed by atoms with Gasteiger partial charge in [-0.15, -0.1) is 0 Å². The van der Waals surface area contributed by atoms with Gasteiger partial charge in [0, 0.05) is 11.8 Å². The van der Waals surface area contributed by atoms with Crippen molar-refractivity contribution < 1.29 is 19.2 Å². The average Bonchev–Trinajstić information content (AvgIpc) is 2.51. The number of likely N-dealkylation sites (N-methyl/N-ethyl adjacent to an activating group) is 1. The summed E-state index contributed by atoms with van der Waals surface area (Å²) < 4.78 is 5.06. The van der Waals surface area contributed by atoms with Gasteiger partial charge in [-0.05, 0) is 26.0 Å². The molecule has 116 valence electrons. The molecule has 6 nitrogen and oxygen atoms in total. The zero-order chi connectivity index (χ0) is 15.7. The molecule has 0 radical (unpaired) electrons. The topological polar surface area (TPSA) is 71.9 Å². The number of amides is 2. The van der Waals surface area contributed by atoms with Gasteiger partial charge in [-0.3, -0.25) is 9.59 Å². The third kappa shape index (κ3) is 5.83. The molecule has 21 heavy (non-hydrogen) atoms. The first-order valence-corrected chi connectivity index (χ1v) is 7.17. The van der Waals surface area contributed by atoms with Crippen molar-refractivity contribution >= 4 is 17.5 Å². The first-order valence-electron chi connectivity index (χ1n) is 7.17. The van der Waals surface area contributed by atoms with Crippen LogP contribution in [0.1, 0.15) is 13.8 Å². The van der Waals surface area contributed by atoms with Crippen LogP contribution in [0.2, 0.25) is 0 Å². The van der Waals surface area contributed by atoms with Gasteiger partial charge in [0.15, 0.2) is 0 Å². The molecular weight excluding hydrogens is 270 g/mol. The highest BCUT2D eigenvalue weighted by Gasteiger charge is 2.14. The van der Waals surface area contributed by atoms with E-state index in [2.05, 4.69) is 24.5 Å². The summed E-state index contributed by atoms with van der Waals surface area (Å²) >= 11 is 0. The fourth-order valence-corrected chi connectivity index (χ4v) is 1.93. The minimum Gasteiger partial charge on any atom is -0.497 e. The zero-order valence-corrected chi connectivity index (χ0v) is 12.9. The third-order valence-corrected chi connectivity index (χ3v) is 3.30. The van der Waals surface area contributed by atoms with Crippen LogP contribution >= 0.6 is 0 Å². The van der Waals surface area contributed by atoms with E-state index in [0.717, 1.165) is 19.6 Å². The molecule has 0 bridgehead atoms. The number of carbonyl (C=O) groups excluding carboxylic acids is 2. The van der Waals surface area contributed by atoms with Crippen molar-refractivity contribution in [3.05, 3.63) is 24.3 Å². The van der Waals surface area contributed by atoms with Crippen molar-refractivity contribution in [1.29, 1.82) is 0 Å². The summed E-state index contributed by atoms with van der Waals surface area (Å²) in [5.41, 5.74) is 0.531. The quantitative estimate of drug-likeness (QED) is 0.603.